The third-order valence-electron chi connectivity index (χ3n) is 2.35. The first kappa shape index (κ1) is 10.1. The second kappa shape index (κ2) is 4.37. The van der Waals surface area contributed by atoms with Gasteiger partial charge in [-0.25, -0.2) is 0 Å². The van der Waals surface area contributed by atoms with Gasteiger partial charge in [-0.1, -0.05) is 17.5 Å². The zero-order chi connectivity index (χ0) is 10.7. The first-order valence-corrected chi connectivity index (χ1v) is 5.22. The van der Waals surface area contributed by atoms with Crippen molar-refractivity contribution in [2.45, 2.75) is 18.9 Å². The number of halogens is 1. The molecule has 0 fully saturated rings. The zero-order valence-corrected chi connectivity index (χ0v) is 8.98. The smallest absolute Gasteiger partial charge is 0.113 e. The summed E-state index contributed by atoms with van der Waals surface area (Å²) < 4.78 is 0. The minimum atomic E-state index is 0.0520. The van der Waals surface area contributed by atoms with E-state index in [-0.39, 0.29) is 6.04 Å². The molecule has 0 saturated heterocycles. The normalized spacial score (nSPS) is 20.0. The van der Waals surface area contributed by atoms with Crippen LogP contribution in [0.3, 0.4) is 0 Å². The summed E-state index contributed by atoms with van der Waals surface area (Å²) in [6.45, 7) is 0. The predicted octanol–water partition coefficient (Wildman–Crippen LogP) is 2.93. The molecule has 2 nitrogen and oxygen atoms in total. The summed E-state index contributed by atoms with van der Waals surface area (Å²) in [5.41, 5.74) is 0.985. The Kier molecular flexibility index (Phi) is 2.94. The highest BCUT2D eigenvalue weighted by atomic mass is 35.5. The van der Waals surface area contributed by atoms with E-state index >= 15 is 0 Å². The summed E-state index contributed by atoms with van der Waals surface area (Å²) in [4.78, 5) is 0. The van der Waals surface area contributed by atoms with Gasteiger partial charge in [-0.15, -0.1) is 6.42 Å². The predicted molar refractivity (Wildman–Crippen MR) is 64.3 cm³/mol. The van der Waals surface area contributed by atoms with Gasteiger partial charge in [-0.2, -0.15) is 5.10 Å². The Labute approximate surface area is 94.5 Å². The maximum atomic E-state index is 5.82. The van der Waals surface area contributed by atoms with Crippen molar-refractivity contribution in [3.8, 4) is 12.3 Å². The second-order valence-electron chi connectivity index (χ2n) is 3.38. The highest BCUT2D eigenvalue weighted by Crippen LogP contribution is 2.23. The molecule has 0 aliphatic carbocycles. The van der Waals surface area contributed by atoms with E-state index in [0.717, 1.165) is 23.6 Å². The second-order valence-corrected chi connectivity index (χ2v) is 3.82. The van der Waals surface area contributed by atoms with Crippen molar-refractivity contribution in [2.24, 2.45) is 5.10 Å². The molecule has 0 spiro atoms. The summed E-state index contributed by atoms with van der Waals surface area (Å²) in [6.07, 6.45) is 9.25. The van der Waals surface area contributed by atoms with Crippen LogP contribution in [0.25, 0.3) is 0 Å². The van der Waals surface area contributed by atoms with Crippen LogP contribution < -0.4 is 5.01 Å². The minimum absolute atomic E-state index is 0.0520. The lowest BCUT2D eigenvalue weighted by molar-refractivity contribution is 0.662. The van der Waals surface area contributed by atoms with E-state index < -0.39 is 0 Å². The standard InChI is InChI=1S/C12H11ClN2/c1-2-11-4-3-9-14-15(11)12-7-5-10(13)6-8-12/h1,5-9,11H,3-4H2. The number of benzene rings is 1. The molecule has 0 radical (unpaired) electrons. The summed E-state index contributed by atoms with van der Waals surface area (Å²) in [6, 6.07) is 7.59. The molecular formula is C12H11ClN2. The quantitative estimate of drug-likeness (QED) is 0.662. The molecule has 0 N–H and O–H groups in total. The van der Waals surface area contributed by atoms with Crippen LogP contribution in [0.15, 0.2) is 29.4 Å². The number of terminal acetylenes is 1. The van der Waals surface area contributed by atoms with Gasteiger partial charge in [0.15, 0.2) is 0 Å². The Hall–Kier alpha value is -1.46. The average Bonchev–Trinajstić information content (AvgIpc) is 2.30. The van der Waals surface area contributed by atoms with Crippen LogP contribution in [-0.2, 0) is 0 Å². The van der Waals surface area contributed by atoms with Crippen LogP contribution >= 0.6 is 11.6 Å². The van der Waals surface area contributed by atoms with Gasteiger partial charge >= 0.3 is 0 Å². The SMILES string of the molecule is C#CC1CCC=NN1c1ccc(Cl)cc1. The van der Waals surface area contributed by atoms with Gasteiger partial charge < -0.3 is 0 Å². The Bertz CT molecular complexity index is 403. The lowest BCUT2D eigenvalue weighted by Gasteiger charge is -2.28. The van der Waals surface area contributed by atoms with Gasteiger partial charge in [0, 0.05) is 11.2 Å². The number of hydrogen-bond donors (Lipinski definition) is 0. The summed E-state index contributed by atoms with van der Waals surface area (Å²) in [5, 5.41) is 6.88. The highest BCUT2D eigenvalue weighted by Gasteiger charge is 2.18. The molecule has 0 bridgehead atoms. The van der Waals surface area contributed by atoms with Gasteiger partial charge in [0.2, 0.25) is 0 Å². The molecule has 1 atom stereocenters. The van der Waals surface area contributed by atoms with E-state index in [1.165, 1.54) is 0 Å². The van der Waals surface area contributed by atoms with Crippen molar-refractivity contribution in [3.05, 3.63) is 29.3 Å². The first-order chi connectivity index (χ1) is 7.31. The monoisotopic (exact) mass is 218 g/mol. The number of nitrogens with zero attached hydrogens (tertiary/aromatic N) is 2. The Balaban J connectivity index is 2.29. The van der Waals surface area contributed by atoms with E-state index in [9.17, 15) is 0 Å². The fourth-order valence-corrected chi connectivity index (χ4v) is 1.70. The van der Waals surface area contributed by atoms with Gasteiger partial charge in [-0.05, 0) is 37.1 Å². The molecule has 0 amide bonds. The maximum Gasteiger partial charge on any atom is 0.113 e. The van der Waals surface area contributed by atoms with Crippen molar-refractivity contribution < 1.29 is 0 Å². The molecular weight excluding hydrogens is 208 g/mol. The van der Waals surface area contributed by atoms with Crippen LogP contribution in [-0.4, -0.2) is 12.3 Å². The number of rotatable bonds is 1. The minimum Gasteiger partial charge on any atom is -0.251 e. The molecule has 1 aromatic carbocycles. The highest BCUT2D eigenvalue weighted by molar-refractivity contribution is 6.30. The summed E-state index contributed by atoms with van der Waals surface area (Å²) >= 11 is 5.82. The molecule has 1 aromatic rings. The van der Waals surface area contributed by atoms with Crippen molar-refractivity contribution >= 4 is 23.5 Å². The van der Waals surface area contributed by atoms with Crippen molar-refractivity contribution in [1.29, 1.82) is 0 Å². The van der Waals surface area contributed by atoms with E-state index in [4.69, 9.17) is 18.0 Å². The van der Waals surface area contributed by atoms with E-state index in [1.54, 1.807) is 0 Å². The van der Waals surface area contributed by atoms with Gasteiger partial charge in [0.1, 0.15) is 6.04 Å². The van der Waals surface area contributed by atoms with Crippen molar-refractivity contribution in [2.75, 3.05) is 5.01 Å². The first-order valence-electron chi connectivity index (χ1n) is 4.84. The van der Waals surface area contributed by atoms with Gasteiger partial charge in [0.05, 0.1) is 5.69 Å². The lowest BCUT2D eigenvalue weighted by Crippen LogP contribution is -2.32. The fourth-order valence-electron chi connectivity index (χ4n) is 1.58. The molecule has 1 heterocycles. The molecule has 15 heavy (non-hydrogen) atoms. The number of hydrazone groups is 1. The topological polar surface area (TPSA) is 15.6 Å². The average molecular weight is 219 g/mol. The number of anilines is 1. The van der Waals surface area contributed by atoms with Crippen molar-refractivity contribution in [1.82, 2.24) is 0 Å². The molecule has 1 aliphatic rings. The van der Waals surface area contributed by atoms with Crippen molar-refractivity contribution in [3.63, 3.8) is 0 Å². The Morgan fingerprint density at radius 2 is 2.13 bits per heavy atom. The molecule has 2 rings (SSSR count). The third kappa shape index (κ3) is 2.14. The maximum absolute atomic E-state index is 5.82. The summed E-state index contributed by atoms with van der Waals surface area (Å²) in [7, 11) is 0. The van der Waals surface area contributed by atoms with Crippen LogP contribution in [0, 0.1) is 12.3 Å². The molecule has 0 aromatic heterocycles. The van der Waals surface area contributed by atoms with Crippen LogP contribution in [0.5, 0.6) is 0 Å². The van der Waals surface area contributed by atoms with E-state index in [0.29, 0.717) is 0 Å². The zero-order valence-electron chi connectivity index (χ0n) is 8.23. The molecule has 1 unspecified atom stereocenters. The van der Waals surface area contributed by atoms with E-state index in [2.05, 4.69) is 11.0 Å². The van der Waals surface area contributed by atoms with Crippen LogP contribution in [0.4, 0.5) is 5.69 Å². The molecule has 76 valence electrons. The van der Waals surface area contributed by atoms with Crippen LogP contribution in [0.2, 0.25) is 5.02 Å². The summed E-state index contributed by atoms with van der Waals surface area (Å²) in [5.74, 6) is 2.75. The molecule has 1 aliphatic heterocycles. The number of hydrogen-bond acceptors (Lipinski definition) is 2. The largest absolute Gasteiger partial charge is 0.251 e. The molecule has 0 saturated carbocycles. The van der Waals surface area contributed by atoms with Crippen LogP contribution in [0.1, 0.15) is 12.8 Å². The van der Waals surface area contributed by atoms with Gasteiger partial charge in [-0.3, -0.25) is 5.01 Å². The lowest BCUT2D eigenvalue weighted by atomic mass is 10.1. The Morgan fingerprint density at radius 1 is 1.40 bits per heavy atom. The van der Waals surface area contributed by atoms with Gasteiger partial charge in [0.25, 0.3) is 0 Å². The molecule has 3 heteroatoms. The third-order valence-corrected chi connectivity index (χ3v) is 2.61. The fraction of sp³-hybridized carbons (Fsp3) is 0.250. The Morgan fingerprint density at radius 3 is 2.80 bits per heavy atom. The van der Waals surface area contributed by atoms with E-state index in [1.807, 2.05) is 35.5 Å².